The van der Waals surface area contributed by atoms with Gasteiger partial charge in [-0.05, 0) is 23.6 Å². The van der Waals surface area contributed by atoms with E-state index in [1.807, 2.05) is 31.2 Å². The van der Waals surface area contributed by atoms with Crippen molar-refractivity contribution in [1.82, 2.24) is 10.2 Å². The maximum Gasteiger partial charge on any atom is 0.411 e. The number of benzene rings is 1. The Balaban J connectivity index is 0.00000364. The van der Waals surface area contributed by atoms with Crippen molar-refractivity contribution in [2.75, 3.05) is 39.7 Å². The molecule has 0 spiro atoms. The van der Waals surface area contributed by atoms with Crippen LogP contribution in [0.1, 0.15) is 12.5 Å². The number of aliphatic imine (C=N–C) groups is 1. The lowest BCUT2D eigenvalue weighted by Gasteiger charge is -2.21. The minimum absolute atomic E-state index is 0. The van der Waals surface area contributed by atoms with E-state index in [4.69, 9.17) is 4.74 Å². The van der Waals surface area contributed by atoms with Crippen LogP contribution >= 0.6 is 24.0 Å². The van der Waals surface area contributed by atoms with Crippen molar-refractivity contribution in [1.29, 1.82) is 0 Å². The molecule has 1 aromatic carbocycles. The second-order valence-corrected chi connectivity index (χ2v) is 6.23. The molecular formula is C18H27IN4O4. The van der Waals surface area contributed by atoms with E-state index in [9.17, 15) is 9.59 Å². The van der Waals surface area contributed by atoms with E-state index >= 15 is 0 Å². The fourth-order valence-corrected chi connectivity index (χ4v) is 2.99. The molecule has 2 atom stereocenters. The number of halogens is 1. The highest BCUT2D eigenvalue weighted by Gasteiger charge is 2.36. The number of hydrogen-bond donors (Lipinski definition) is 2. The summed E-state index contributed by atoms with van der Waals surface area (Å²) < 4.78 is 9.44. The van der Waals surface area contributed by atoms with Gasteiger partial charge in [0.25, 0.3) is 0 Å². The number of ether oxygens (including phenoxy) is 2. The summed E-state index contributed by atoms with van der Waals surface area (Å²) in [6.07, 6.45) is -0.500. The van der Waals surface area contributed by atoms with Crippen LogP contribution in [-0.4, -0.2) is 57.3 Å². The van der Waals surface area contributed by atoms with Gasteiger partial charge in [0, 0.05) is 32.4 Å². The van der Waals surface area contributed by atoms with E-state index in [1.165, 1.54) is 14.2 Å². The Kier molecular flexibility index (Phi) is 9.33. The van der Waals surface area contributed by atoms with E-state index in [0.717, 1.165) is 18.1 Å². The zero-order valence-electron chi connectivity index (χ0n) is 16.0. The number of guanidine groups is 1. The number of hydrogen-bond acceptors (Lipinski definition) is 5. The molecule has 2 rings (SSSR count). The number of carbonyl (C=O) groups excluding carboxylic acids is 2. The van der Waals surface area contributed by atoms with Crippen molar-refractivity contribution >= 4 is 47.7 Å². The number of anilines is 1. The average molecular weight is 490 g/mol. The highest BCUT2D eigenvalue weighted by molar-refractivity contribution is 14.0. The van der Waals surface area contributed by atoms with Crippen LogP contribution in [0.2, 0.25) is 0 Å². The van der Waals surface area contributed by atoms with Gasteiger partial charge in [0.15, 0.2) is 5.96 Å². The molecule has 0 radical (unpaired) electrons. The molecule has 2 N–H and O–H groups in total. The molecule has 27 heavy (non-hydrogen) atoms. The first kappa shape index (κ1) is 23.0. The maximum absolute atomic E-state index is 11.8. The summed E-state index contributed by atoms with van der Waals surface area (Å²) in [4.78, 5) is 29.4. The molecule has 1 aliphatic heterocycles. The molecule has 150 valence electrons. The van der Waals surface area contributed by atoms with E-state index < -0.39 is 6.09 Å². The van der Waals surface area contributed by atoms with Crippen LogP contribution in [0, 0.1) is 11.8 Å². The fourth-order valence-electron chi connectivity index (χ4n) is 2.99. The third-order valence-electron chi connectivity index (χ3n) is 4.46. The number of carbonyl (C=O) groups is 2. The largest absolute Gasteiger partial charge is 0.469 e. The number of likely N-dealkylation sites (tertiary alicyclic amines) is 1. The summed E-state index contributed by atoms with van der Waals surface area (Å²) in [5, 5.41) is 5.92. The van der Waals surface area contributed by atoms with Crippen LogP contribution in [0.15, 0.2) is 29.3 Å². The zero-order chi connectivity index (χ0) is 19.1. The van der Waals surface area contributed by atoms with E-state index in [1.54, 1.807) is 7.05 Å². The summed E-state index contributed by atoms with van der Waals surface area (Å²) in [7, 11) is 4.47. The van der Waals surface area contributed by atoms with E-state index in [2.05, 4.69) is 25.3 Å². The van der Waals surface area contributed by atoms with Crippen LogP contribution in [0.5, 0.6) is 0 Å². The molecule has 0 aliphatic carbocycles. The molecule has 0 bridgehead atoms. The molecule has 9 heteroatoms. The Morgan fingerprint density at radius 1 is 1.19 bits per heavy atom. The Bertz CT molecular complexity index is 666. The van der Waals surface area contributed by atoms with Crippen LogP contribution < -0.4 is 10.6 Å². The summed E-state index contributed by atoms with van der Waals surface area (Å²) in [5.41, 5.74) is 1.71. The van der Waals surface area contributed by atoms with Crippen LogP contribution in [0.4, 0.5) is 10.5 Å². The molecular weight excluding hydrogens is 463 g/mol. The highest BCUT2D eigenvalue weighted by atomic mass is 127. The smallest absolute Gasteiger partial charge is 0.411 e. The number of methoxy groups -OCH3 is 2. The van der Waals surface area contributed by atoms with Crippen molar-refractivity contribution in [2.24, 2.45) is 16.8 Å². The fraction of sp³-hybridized carbons (Fsp3) is 0.500. The maximum atomic E-state index is 11.8. The van der Waals surface area contributed by atoms with Gasteiger partial charge in [0.1, 0.15) is 0 Å². The van der Waals surface area contributed by atoms with Gasteiger partial charge in [-0.3, -0.25) is 15.1 Å². The Labute approximate surface area is 176 Å². The quantitative estimate of drug-likeness (QED) is 0.291. The Morgan fingerprint density at radius 2 is 1.85 bits per heavy atom. The monoisotopic (exact) mass is 490 g/mol. The zero-order valence-corrected chi connectivity index (χ0v) is 18.4. The normalized spacial score (nSPS) is 19.1. The first-order chi connectivity index (χ1) is 12.5. The van der Waals surface area contributed by atoms with Crippen molar-refractivity contribution in [2.45, 2.75) is 13.5 Å². The number of amides is 1. The number of nitrogens with zero attached hydrogens (tertiary/aromatic N) is 2. The lowest BCUT2D eigenvalue weighted by atomic mass is 9.99. The third kappa shape index (κ3) is 6.26. The first-order valence-corrected chi connectivity index (χ1v) is 8.45. The van der Waals surface area contributed by atoms with Crippen molar-refractivity contribution < 1.29 is 19.1 Å². The van der Waals surface area contributed by atoms with Gasteiger partial charge < -0.3 is 19.7 Å². The van der Waals surface area contributed by atoms with Gasteiger partial charge in [-0.25, -0.2) is 4.79 Å². The number of nitrogens with one attached hydrogen (secondary N) is 2. The van der Waals surface area contributed by atoms with Crippen LogP contribution in [0.3, 0.4) is 0 Å². The Morgan fingerprint density at radius 3 is 2.41 bits per heavy atom. The molecule has 1 amide bonds. The molecule has 2 unspecified atom stereocenters. The van der Waals surface area contributed by atoms with Crippen molar-refractivity contribution in [3.05, 3.63) is 29.8 Å². The second kappa shape index (κ2) is 11.0. The van der Waals surface area contributed by atoms with E-state index in [-0.39, 0.29) is 41.8 Å². The van der Waals surface area contributed by atoms with E-state index in [0.29, 0.717) is 18.8 Å². The van der Waals surface area contributed by atoms with Gasteiger partial charge in [-0.15, -0.1) is 24.0 Å². The predicted octanol–water partition coefficient (Wildman–Crippen LogP) is 2.30. The molecule has 1 aromatic rings. The minimum atomic E-state index is -0.500. The molecule has 1 aliphatic rings. The second-order valence-electron chi connectivity index (χ2n) is 6.23. The molecule has 1 saturated heterocycles. The van der Waals surface area contributed by atoms with Gasteiger partial charge >= 0.3 is 12.1 Å². The van der Waals surface area contributed by atoms with Gasteiger partial charge in [-0.2, -0.15) is 0 Å². The lowest BCUT2D eigenvalue weighted by molar-refractivity contribution is -0.145. The highest BCUT2D eigenvalue weighted by Crippen LogP contribution is 2.24. The SMILES string of the molecule is CN=C(NCc1ccc(NC(=O)OC)cc1)N1CC(C)C(C(=O)OC)C1.I. The summed E-state index contributed by atoms with van der Waals surface area (Å²) >= 11 is 0. The Hall–Kier alpha value is -2.04. The predicted molar refractivity (Wildman–Crippen MR) is 114 cm³/mol. The first-order valence-electron chi connectivity index (χ1n) is 8.45. The summed E-state index contributed by atoms with van der Waals surface area (Å²) in [6, 6.07) is 7.44. The lowest BCUT2D eigenvalue weighted by Crippen LogP contribution is -2.40. The van der Waals surface area contributed by atoms with Crippen LogP contribution in [0.25, 0.3) is 0 Å². The number of rotatable bonds is 4. The molecule has 1 fully saturated rings. The molecule has 8 nitrogen and oxygen atoms in total. The third-order valence-corrected chi connectivity index (χ3v) is 4.46. The summed E-state index contributed by atoms with van der Waals surface area (Å²) in [6.45, 7) is 3.97. The standard InChI is InChI=1S/C18H26N4O4.HI/c1-12-10-22(11-15(12)16(23)25-3)17(19-2)20-9-13-5-7-14(8-6-13)21-18(24)26-4;/h5-8,12,15H,9-11H2,1-4H3,(H,19,20)(H,21,24);1H. The molecule has 0 aromatic heterocycles. The van der Waals surface area contributed by atoms with Gasteiger partial charge in [0.2, 0.25) is 0 Å². The minimum Gasteiger partial charge on any atom is -0.469 e. The molecule has 0 saturated carbocycles. The van der Waals surface area contributed by atoms with Crippen molar-refractivity contribution in [3.63, 3.8) is 0 Å². The van der Waals surface area contributed by atoms with Gasteiger partial charge in [0.05, 0.1) is 20.1 Å². The van der Waals surface area contributed by atoms with Crippen LogP contribution in [-0.2, 0) is 20.8 Å². The average Bonchev–Trinajstić information content (AvgIpc) is 3.04. The topological polar surface area (TPSA) is 92.3 Å². The van der Waals surface area contributed by atoms with Gasteiger partial charge in [-0.1, -0.05) is 19.1 Å². The number of esters is 1. The molecule has 1 heterocycles. The summed E-state index contributed by atoms with van der Waals surface area (Å²) in [5.74, 6) is 0.649. The van der Waals surface area contributed by atoms with Crippen molar-refractivity contribution in [3.8, 4) is 0 Å².